The van der Waals surface area contributed by atoms with Gasteiger partial charge in [0.1, 0.15) is 18.1 Å². The molecule has 5 nitrogen and oxygen atoms in total. The standard InChI is InChI=1S/C26H32N2O3/c1-18-24(19(2)31-27-18)17-30-23-13-9-20(10-14-23)15-25(29)28(6)16-21-7-11-22(12-8-21)26(3,4)5/h7-14H,15-17H2,1-6H3. The number of amides is 1. The second kappa shape index (κ2) is 9.38. The average molecular weight is 421 g/mol. The minimum atomic E-state index is 0.0873. The lowest BCUT2D eigenvalue weighted by Crippen LogP contribution is -2.27. The monoisotopic (exact) mass is 420 g/mol. The Morgan fingerprint density at radius 3 is 2.16 bits per heavy atom. The zero-order valence-corrected chi connectivity index (χ0v) is 19.4. The smallest absolute Gasteiger partial charge is 0.227 e. The number of rotatable bonds is 7. The minimum absolute atomic E-state index is 0.0873. The molecule has 0 aliphatic carbocycles. The van der Waals surface area contributed by atoms with Crippen LogP contribution in [0.4, 0.5) is 0 Å². The van der Waals surface area contributed by atoms with Gasteiger partial charge in [-0.3, -0.25) is 4.79 Å². The number of nitrogens with zero attached hydrogens (tertiary/aromatic N) is 2. The van der Waals surface area contributed by atoms with E-state index in [0.29, 0.717) is 19.6 Å². The van der Waals surface area contributed by atoms with Gasteiger partial charge in [-0.15, -0.1) is 0 Å². The number of ether oxygens (including phenoxy) is 1. The van der Waals surface area contributed by atoms with Crippen molar-refractivity contribution in [3.8, 4) is 5.75 Å². The third-order valence-corrected chi connectivity index (χ3v) is 5.51. The molecule has 0 N–H and O–H groups in total. The summed E-state index contributed by atoms with van der Waals surface area (Å²) in [6.45, 7) is 11.4. The van der Waals surface area contributed by atoms with Crippen LogP contribution in [0.5, 0.6) is 5.75 Å². The first-order valence-electron chi connectivity index (χ1n) is 10.6. The van der Waals surface area contributed by atoms with E-state index in [2.05, 4.69) is 50.2 Å². The SMILES string of the molecule is Cc1noc(C)c1COc1ccc(CC(=O)N(C)Cc2ccc(C(C)(C)C)cc2)cc1. The van der Waals surface area contributed by atoms with Crippen LogP contribution in [0, 0.1) is 13.8 Å². The highest BCUT2D eigenvalue weighted by Crippen LogP contribution is 2.23. The summed E-state index contributed by atoms with van der Waals surface area (Å²) < 4.78 is 11.0. The molecule has 1 heterocycles. The van der Waals surface area contributed by atoms with Gasteiger partial charge in [0.2, 0.25) is 5.91 Å². The van der Waals surface area contributed by atoms with E-state index in [9.17, 15) is 4.79 Å². The number of likely N-dealkylation sites (N-methyl/N-ethyl adjacent to an activating group) is 1. The zero-order valence-electron chi connectivity index (χ0n) is 19.4. The molecule has 0 radical (unpaired) electrons. The van der Waals surface area contributed by atoms with Gasteiger partial charge in [0.05, 0.1) is 17.7 Å². The Bertz CT molecular complexity index is 993. The summed E-state index contributed by atoms with van der Waals surface area (Å²) in [5.74, 6) is 1.61. The molecule has 164 valence electrons. The van der Waals surface area contributed by atoms with E-state index in [1.165, 1.54) is 5.56 Å². The van der Waals surface area contributed by atoms with E-state index < -0.39 is 0 Å². The normalized spacial score (nSPS) is 11.4. The Hall–Kier alpha value is -3.08. The topological polar surface area (TPSA) is 55.6 Å². The van der Waals surface area contributed by atoms with Crippen LogP contribution in [-0.4, -0.2) is 23.0 Å². The molecule has 0 atom stereocenters. The first-order valence-corrected chi connectivity index (χ1v) is 10.6. The molecule has 0 unspecified atom stereocenters. The summed E-state index contributed by atoms with van der Waals surface area (Å²) in [6.07, 6.45) is 0.362. The molecule has 0 saturated heterocycles. The molecule has 0 fully saturated rings. The van der Waals surface area contributed by atoms with E-state index in [4.69, 9.17) is 9.26 Å². The molecule has 0 aliphatic rings. The highest BCUT2D eigenvalue weighted by Gasteiger charge is 2.15. The molecule has 0 saturated carbocycles. The summed E-state index contributed by atoms with van der Waals surface area (Å²) >= 11 is 0. The maximum atomic E-state index is 12.7. The van der Waals surface area contributed by atoms with Gasteiger partial charge in [0, 0.05) is 13.6 Å². The van der Waals surface area contributed by atoms with Crippen molar-refractivity contribution in [2.75, 3.05) is 7.05 Å². The van der Waals surface area contributed by atoms with Crippen molar-refractivity contribution in [2.45, 2.75) is 59.6 Å². The van der Waals surface area contributed by atoms with Crippen molar-refractivity contribution in [1.82, 2.24) is 10.1 Å². The van der Waals surface area contributed by atoms with Crippen LogP contribution in [0.3, 0.4) is 0 Å². The van der Waals surface area contributed by atoms with Crippen LogP contribution >= 0.6 is 0 Å². The van der Waals surface area contributed by atoms with Gasteiger partial charge in [-0.2, -0.15) is 0 Å². The lowest BCUT2D eigenvalue weighted by Gasteiger charge is -2.21. The fourth-order valence-electron chi connectivity index (χ4n) is 3.35. The van der Waals surface area contributed by atoms with E-state index in [0.717, 1.165) is 33.9 Å². The third-order valence-electron chi connectivity index (χ3n) is 5.51. The highest BCUT2D eigenvalue weighted by atomic mass is 16.5. The molecule has 3 rings (SSSR count). The largest absolute Gasteiger partial charge is 0.489 e. The number of hydrogen-bond donors (Lipinski definition) is 0. The van der Waals surface area contributed by atoms with Gasteiger partial charge in [-0.05, 0) is 48.1 Å². The molecular formula is C26H32N2O3. The van der Waals surface area contributed by atoms with Crippen LogP contribution in [0.2, 0.25) is 0 Å². The van der Waals surface area contributed by atoms with Gasteiger partial charge in [-0.25, -0.2) is 0 Å². The number of aryl methyl sites for hydroxylation is 2. The third kappa shape index (κ3) is 5.97. The lowest BCUT2D eigenvalue weighted by molar-refractivity contribution is -0.129. The lowest BCUT2D eigenvalue weighted by atomic mass is 9.87. The molecule has 2 aromatic carbocycles. The summed E-state index contributed by atoms with van der Waals surface area (Å²) in [4.78, 5) is 14.4. The molecule has 0 aliphatic heterocycles. The quantitative estimate of drug-likeness (QED) is 0.516. The van der Waals surface area contributed by atoms with Crippen LogP contribution in [0.15, 0.2) is 53.1 Å². The number of aromatic nitrogens is 1. The zero-order chi connectivity index (χ0) is 22.6. The highest BCUT2D eigenvalue weighted by molar-refractivity contribution is 5.78. The van der Waals surface area contributed by atoms with Crippen molar-refractivity contribution in [2.24, 2.45) is 0 Å². The molecule has 0 spiro atoms. The van der Waals surface area contributed by atoms with Crippen molar-refractivity contribution in [3.05, 3.63) is 82.2 Å². The molecule has 3 aromatic rings. The van der Waals surface area contributed by atoms with E-state index >= 15 is 0 Å². The Kier molecular flexibility index (Phi) is 6.84. The Morgan fingerprint density at radius 2 is 1.61 bits per heavy atom. The molecular weight excluding hydrogens is 388 g/mol. The number of hydrogen-bond acceptors (Lipinski definition) is 4. The maximum absolute atomic E-state index is 12.7. The number of benzene rings is 2. The Labute approximate surface area is 185 Å². The molecule has 31 heavy (non-hydrogen) atoms. The fourth-order valence-corrected chi connectivity index (χ4v) is 3.35. The average Bonchev–Trinajstić information content (AvgIpc) is 3.04. The van der Waals surface area contributed by atoms with Crippen LogP contribution in [0.25, 0.3) is 0 Å². The van der Waals surface area contributed by atoms with Crippen molar-refractivity contribution in [1.29, 1.82) is 0 Å². The summed E-state index contributed by atoms with van der Waals surface area (Å²) in [5, 5.41) is 3.94. The van der Waals surface area contributed by atoms with Crippen molar-refractivity contribution < 1.29 is 14.1 Å². The maximum Gasteiger partial charge on any atom is 0.227 e. The van der Waals surface area contributed by atoms with E-state index in [-0.39, 0.29) is 11.3 Å². The van der Waals surface area contributed by atoms with Gasteiger partial charge in [0.25, 0.3) is 0 Å². The van der Waals surface area contributed by atoms with Crippen LogP contribution < -0.4 is 4.74 Å². The summed E-state index contributed by atoms with van der Waals surface area (Å²) in [6, 6.07) is 16.2. The van der Waals surface area contributed by atoms with Gasteiger partial charge >= 0.3 is 0 Å². The summed E-state index contributed by atoms with van der Waals surface area (Å²) in [5.41, 5.74) is 5.33. The summed E-state index contributed by atoms with van der Waals surface area (Å²) in [7, 11) is 1.85. The van der Waals surface area contributed by atoms with E-state index in [1.807, 2.05) is 45.2 Å². The molecule has 1 aromatic heterocycles. The van der Waals surface area contributed by atoms with Crippen molar-refractivity contribution in [3.63, 3.8) is 0 Å². The minimum Gasteiger partial charge on any atom is -0.489 e. The molecule has 0 bridgehead atoms. The van der Waals surface area contributed by atoms with Crippen LogP contribution in [-0.2, 0) is 29.8 Å². The first-order chi connectivity index (χ1) is 14.6. The Balaban J connectivity index is 1.52. The predicted molar refractivity (Wildman–Crippen MR) is 122 cm³/mol. The number of carbonyl (C=O) groups is 1. The van der Waals surface area contributed by atoms with Crippen LogP contribution in [0.1, 0.15) is 54.5 Å². The fraction of sp³-hybridized carbons (Fsp3) is 0.385. The second-order valence-corrected chi connectivity index (χ2v) is 9.11. The van der Waals surface area contributed by atoms with Gasteiger partial charge in [-0.1, -0.05) is 62.3 Å². The number of carbonyl (C=O) groups excluding carboxylic acids is 1. The predicted octanol–water partition coefficient (Wildman–Crippen LogP) is 5.37. The second-order valence-electron chi connectivity index (χ2n) is 9.11. The molecule has 5 heteroatoms. The van der Waals surface area contributed by atoms with Crippen molar-refractivity contribution >= 4 is 5.91 Å². The van der Waals surface area contributed by atoms with E-state index in [1.54, 1.807) is 4.90 Å². The van der Waals surface area contributed by atoms with Gasteiger partial charge in [0.15, 0.2) is 0 Å². The molecule has 1 amide bonds. The van der Waals surface area contributed by atoms with Gasteiger partial charge < -0.3 is 14.2 Å². The Morgan fingerprint density at radius 1 is 1.00 bits per heavy atom. The first kappa shape index (κ1) is 22.6.